The number of rotatable bonds is 6. The van der Waals surface area contributed by atoms with Crippen molar-refractivity contribution in [2.24, 2.45) is 0 Å². The molecular formula is C16H20BrNO2. The van der Waals surface area contributed by atoms with Crippen molar-refractivity contribution in [1.29, 1.82) is 0 Å². The van der Waals surface area contributed by atoms with E-state index in [1.807, 2.05) is 12.1 Å². The number of hydrogen-bond acceptors (Lipinski definition) is 3. The molecule has 0 saturated carbocycles. The van der Waals surface area contributed by atoms with Crippen LogP contribution in [0.1, 0.15) is 36.1 Å². The Morgan fingerprint density at radius 1 is 1.30 bits per heavy atom. The lowest BCUT2D eigenvalue weighted by Crippen LogP contribution is -2.23. The van der Waals surface area contributed by atoms with E-state index >= 15 is 0 Å². The zero-order chi connectivity index (χ0) is 14.5. The summed E-state index contributed by atoms with van der Waals surface area (Å²) in [7, 11) is 1.70. The Kier molecular flexibility index (Phi) is 5.26. The number of hydrogen-bond donors (Lipinski definition) is 1. The minimum absolute atomic E-state index is 0.0536. The third kappa shape index (κ3) is 3.25. The fourth-order valence-electron chi connectivity index (χ4n) is 2.27. The van der Waals surface area contributed by atoms with Gasteiger partial charge in [0.05, 0.1) is 19.4 Å². The van der Waals surface area contributed by atoms with Gasteiger partial charge in [-0.15, -0.1) is 0 Å². The molecule has 2 rings (SSSR count). The molecule has 1 aromatic carbocycles. The van der Waals surface area contributed by atoms with Crippen molar-refractivity contribution in [3.8, 4) is 5.75 Å². The second-order valence-corrected chi connectivity index (χ2v) is 5.50. The molecule has 1 N–H and O–H groups in total. The molecule has 0 aliphatic rings. The minimum atomic E-state index is 0.0536. The monoisotopic (exact) mass is 337 g/mol. The minimum Gasteiger partial charge on any atom is -0.496 e. The SMILES string of the molecule is CCCNC(c1cc(C)ccc1OC)c1ccoc1Br. The summed E-state index contributed by atoms with van der Waals surface area (Å²) in [4.78, 5) is 0. The van der Waals surface area contributed by atoms with Crippen LogP contribution < -0.4 is 10.1 Å². The number of halogens is 1. The van der Waals surface area contributed by atoms with E-state index in [2.05, 4.69) is 47.2 Å². The van der Waals surface area contributed by atoms with Crippen LogP contribution in [0.2, 0.25) is 0 Å². The Morgan fingerprint density at radius 2 is 2.10 bits per heavy atom. The van der Waals surface area contributed by atoms with E-state index in [1.165, 1.54) is 5.56 Å². The summed E-state index contributed by atoms with van der Waals surface area (Å²) >= 11 is 3.47. The maximum Gasteiger partial charge on any atom is 0.174 e. The maximum atomic E-state index is 5.51. The molecular weight excluding hydrogens is 318 g/mol. The Labute approximate surface area is 128 Å². The van der Waals surface area contributed by atoms with Gasteiger partial charge >= 0.3 is 0 Å². The van der Waals surface area contributed by atoms with Gasteiger partial charge in [-0.25, -0.2) is 0 Å². The lowest BCUT2D eigenvalue weighted by Gasteiger charge is -2.21. The molecule has 1 atom stereocenters. The Bertz CT molecular complexity index is 565. The molecule has 4 heteroatoms. The molecule has 1 heterocycles. The third-order valence-corrected chi connectivity index (χ3v) is 3.90. The molecule has 1 aromatic heterocycles. The van der Waals surface area contributed by atoms with Crippen LogP contribution in [0, 0.1) is 6.92 Å². The predicted molar refractivity (Wildman–Crippen MR) is 84.3 cm³/mol. The molecule has 0 fully saturated rings. The average Bonchev–Trinajstić information content (AvgIpc) is 2.86. The molecule has 0 spiro atoms. The molecule has 0 amide bonds. The van der Waals surface area contributed by atoms with Crippen LogP contribution in [0.3, 0.4) is 0 Å². The summed E-state index contributed by atoms with van der Waals surface area (Å²) in [6.45, 7) is 5.17. The van der Waals surface area contributed by atoms with Crippen LogP contribution >= 0.6 is 15.9 Å². The molecule has 20 heavy (non-hydrogen) atoms. The van der Waals surface area contributed by atoms with Gasteiger partial charge in [0.2, 0.25) is 0 Å². The Morgan fingerprint density at radius 3 is 2.70 bits per heavy atom. The highest BCUT2D eigenvalue weighted by Crippen LogP contribution is 2.34. The average molecular weight is 338 g/mol. The van der Waals surface area contributed by atoms with Gasteiger partial charge in [-0.2, -0.15) is 0 Å². The van der Waals surface area contributed by atoms with E-state index in [1.54, 1.807) is 13.4 Å². The first-order valence-electron chi connectivity index (χ1n) is 6.78. The van der Waals surface area contributed by atoms with Crippen molar-refractivity contribution >= 4 is 15.9 Å². The lowest BCUT2D eigenvalue weighted by molar-refractivity contribution is 0.403. The number of nitrogens with one attached hydrogen (secondary N) is 1. The number of aryl methyl sites for hydroxylation is 1. The second-order valence-electron chi connectivity index (χ2n) is 4.78. The van der Waals surface area contributed by atoms with Crippen LogP contribution in [0.15, 0.2) is 39.6 Å². The van der Waals surface area contributed by atoms with E-state index in [9.17, 15) is 0 Å². The quantitative estimate of drug-likeness (QED) is 0.845. The van der Waals surface area contributed by atoms with E-state index in [0.29, 0.717) is 0 Å². The van der Waals surface area contributed by atoms with Crippen LogP contribution in [0.25, 0.3) is 0 Å². The summed E-state index contributed by atoms with van der Waals surface area (Å²) in [6, 6.07) is 8.27. The highest BCUT2D eigenvalue weighted by atomic mass is 79.9. The fourth-order valence-corrected chi connectivity index (χ4v) is 2.73. The van der Waals surface area contributed by atoms with Gasteiger partial charge in [-0.3, -0.25) is 0 Å². The van der Waals surface area contributed by atoms with Crippen LogP contribution in [0.5, 0.6) is 5.75 Å². The summed E-state index contributed by atoms with van der Waals surface area (Å²) in [5.41, 5.74) is 3.43. The first-order valence-corrected chi connectivity index (χ1v) is 7.57. The van der Waals surface area contributed by atoms with Gasteiger partial charge in [0.15, 0.2) is 4.67 Å². The van der Waals surface area contributed by atoms with Crippen molar-refractivity contribution in [2.45, 2.75) is 26.3 Å². The molecule has 108 valence electrons. The molecule has 0 bridgehead atoms. The zero-order valence-corrected chi connectivity index (χ0v) is 13.7. The largest absolute Gasteiger partial charge is 0.496 e. The number of ether oxygens (including phenoxy) is 1. The first-order chi connectivity index (χ1) is 9.67. The van der Waals surface area contributed by atoms with Crippen molar-refractivity contribution in [1.82, 2.24) is 5.32 Å². The van der Waals surface area contributed by atoms with Crippen molar-refractivity contribution in [3.63, 3.8) is 0 Å². The summed E-state index contributed by atoms with van der Waals surface area (Å²) in [5.74, 6) is 0.886. The summed E-state index contributed by atoms with van der Waals surface area (Å²) in [6.07, 6.45) is 2.77. The fraction of sp³-hybridized carbons (Fsp3) is 0.375. The molecule has 0 saturated heterocycles. The van der Waals surface area contributed by atoms with Gasteiger partial charge in [-0.05, 0) is 48.0 Å². The number of furan rings is 1. The van der Waals surface area contributed by atoms with E-state index in [0.717, 1.165) is 34.5 Å². The van der Waals surface area contributed by atoms with E-state index in [4.69, 9.17) is 9.15 Å². The molecule has 0 aliphatic heterocycles. The predicted octanol–water partition coefficient (Wildman–Crippen LogP) is 4.45. The van der Waals surface area contributed by atoms with Crippen LogP contribution in [-0.2, 0) is 0 Å². The summed E-state index contributed by atoms with van der Waals surface area (Å²) < 4.78 is 11.7. The molecule has 2 aromatic rings. The topological polar surface area (TPSA) is 34.4 Å². The third-order valence-electron chi connectivity index (χ3n) is 3.25. The molecule has 3 nitrogen and oxygen atoms in total. The van der Waals surface area contributed by atoms with Gasteiger partial charge < -0.3 is 14.5 Å². The van der Waals surface area contributed by atoms with Crippen molar-refractivity contribution in [2.75, 3.05) is 13.7 Å². The smallest absolute Gasteiger partial charge is 0.174 e. The zero-order valence-electron chi connectivity index (χ0n) is 12.1. The van der Waals surface area contributed by atoms with E-state index in [-0.39, 0.29) is 6.04 Å². The Hall–Kier alpha value is -1.26. The van der Waals surface area contributed by atoms with E-state index < -0.39 is 0 Å². The van der Waals surface area contributed by atoms with Gasteiger partial charge in [-0.1, -0.05) is 24.6 Å². The van der Waals surface area contributed by atoms with Gasteiger partial charge in [0.25, 0.3) is 0 Å². The molecule has 0 radical (unpaired) electrons. The highest BCUT2D eigenvalue weighted by molar-refractivity contribution is 9.10. The van der Waals surface area contributed by atoms with Crippen LogP contribution in [-0.4, -0.2) is 13.7 Å². The molecule has 1 unspecified atom stereocenters. The maximum absolute atomic E-state index is 5.51. The van der Waals surface area contributed by atoms with Gasteiger partial charge in [0, 0.05) is 11.1 Å². The van der Waals surface area contributed by atoms with Crippen molar-refractivity contribution < 1.29 is 9.15 Å². The first kappa shape index (κ1) is 15.1. The standard InChI is InChI=1S/C16H20BrNO2/c1-4-8-18-15(12-7-9-20-16(12)17)13-10-11(2)5-6-14(13)19-3/h5-7,9-10,15,18H,4,8H2,1-3H3. The normalized spacial score (nSPS) is 12.4. The Balaban J connectivity index is 2.46. The summed E-state index contributed by atoms with van der Waals surface area (Å²) in [5, 5.41) is 3.56. The second kappa shape index (κ2) is 6.95. The lowest BCUT2D eigenvalue weighted by atomic mass is 9.98. The van der Waals surface area contributed by atoms with Gasteiger partial charge in [0.1, 0.15) is 5.75 Å². The number of methoxy groups -OCH3 is 1. The number of benzene rings is 1. The highest BCUT2D eigenvalue weighted by Gasteiger charge is 2.21. The molecule has 0 aliphatic carbocycles. The van der Waals surface area contributed by atoms with Crippen LogP contribution in [0.4, 0.5) is 0 Å². The van der Waals surface area contributed by atoms with Crippen molar-refractivity contribution in [3.05, 3.63) is 51.9 Å².